The predicted octanol–water partition coefficient (Wildman–Crippen LogP) is 0.746. The number of quaternary nitrogens is 1. The summed E-state index contributed by atoms with van der Waals surface area (Å²) in [7, 11) is -3.63. The van der Waals surface area contributed by atoms with Gasteiger partial charge in [-0.1, -0.05) is 13.8 Å². The van der Waals surface area contributed by atoms with Crippen LogP contribution in [0.3, 0.4) is 0 Å². The fraction of sp³-hybridized carbons (Fsp3) is 0.650. The molecule has 1 aromatic carbocycles. The number of carbonyl (C=O) groups excluding carboxylic acids is 1. The van der Waals surface area contributed by atoms with Crippen LogP contribution in [0.25, 0.3) is 0 Å². The molecular formula is C20H34N3O5S+. The van der Waals surface area contributed by atoms with Gasteiger partial charge in [0, 0.05) is 13.1 Å². The van der Waals surface area contributed by atoms with Crippen molar-refractivity contribution in [3.63, 3.8) is 0 Å². The maximum atomic E-state index is 12.8. The fourth-order valence-electron chi connectivity index (χ4n) is 3.72. The number of carbonyl (C=O) groups is 1. The number of benzene rings is 1. The van der Waals surface area contributed by atoms with Crippen molar-refractivity contribution in [2.24, 2.45) is 0 Å². The van der Waals surface area contributed by atoms with E-state index in [0.29, 0.717) is 31.1 Å². The summed E-state index contributed by atoms with van der Waals surface area (Å²) in [4.78, 5) is 13.9. The van der Waals surface area contributed by atoms with Crippen molar-refractivity contribution in [3.05, 3.63) is 18.2 Å². The molecule has 2 rings (SSSR count). The largest absolute Gasteiger partial charge is 0.492 e. The molecule has 9 heteroatoms. The van der Waals surface area contributed by atoms with Crippen LogP contribution in [0.5, 0.6) is 5.75 Å². The third-order valence-electron chi connectivity index (χ3n) is 4.90. The second kappa shape index (κ2) is 10.4. The summed E-state index contributed by atoms with van der Waals surface area (Å²) in [5.74, 6) is 0.276. The molecule has 0 radical (unpaired) electrons. The number of hydrogen-bond donors (Lipinski definition) is 2. The highest BCUT2D eigenvalue weighted by Gasteiger charge is 2.28. The summed E-state index contributed by atoms with van der Waals surface area (Å²) < 4.78 is 38.4. The molecule has 2 N–H and O–H groups in total. The van der Waals surface area contributed by atoms with Crippen molar-refractivity contribution in [1.29, 1.82) is 0 Å². The molecule has 1 unspecified atom stereocenters. The molecule has 3 atom stereocenters. The van der Waals surface area contributed by atoms with Gasteiger partial charge in [-0.15, -0.1) is 0 Å². The summed E-state index contributed by atoms with van der Waals surface area (Å²) in [6, 6.07) is 4.60. The predicted molar refractivity (Wildman–Crippen MR) is 112 cm³/mol. The highest BCUT2D eigenvalue weighted by molar-refractivity contribution is 7.89. The molecule has 0 aromatic heterocycles. The topological polar surface area (TPSA) is 89.4 Å². The van der Waals surface area contributed by atoms with E-state index in [2.05, 4.69) is 5.32 Å². The number of rotatable bonds is 9. The summed E-state index contributed by atoms with van der Waals surface area (Å²) >= 11 is 0. The van der Waals surface area contributed by atoms with E-state index < -0.39 is 10.0 Å². The Morgan fingerprint density at radius 3 is 2.38 bits per heavy atom. The molecule has 1 amide bonds. The van der Waals surface area contributed by atoms with Crippen LogP contribution in [0, 0.1) is 0 Å². The molecule has 1 aliphatic rings. The van der Waals surface area contributed by atoms with Crippen LogP contribution in [0.4, 0.5) is 5.69 Å². The molecule has 0 bridgehead atoms. The van der Waals surface area contributed by atoms with Gasteiger partial charge >= 0.3 is 0 Å². The number of nitrogens with zero attached hydrogens (tertiary/aromatic N) is 1. The lowest BCUT2D eigenvalue weighted by Crippen LogP contribution is -3.16. The second-order valence-corrected chi connectivity index (χ2v) is 9.26. The van der Waals surface area contributed by atoms with E-state index in [1.54, 1.807) is 19.9 Å². The number of morpholine rings is 1. The zero-order valence-electron chi connectivity index (χ0n) is 18.0. The van der Waals surface area contributed by atoms with Crippen LogP contribution >= 0.6 is 0 Å². The average Bonchev–Trinajstić information content (AvgIpc) is 2.63. The summed E-state index contributed by atoms with van der Waals surface area (Å²) in [6.45, 7) is 12.4. The number of amides is 1. The first-order chi connectivity index (χ1) is 13.7. The van der Waals surface area contributed by atoms with Gasteiger partial charge in [-0.25, -0.2) is 8.42 Å². The summed E-state index contributed by atoms with van der Waals surface area (Å²) in [5, 5.41) is 2.85. The number of anilines is 1. The van der Waals surface area contributed by atoms with E-state index in [0.717, 1.165) is 18.0 Å². The van der Waals surface area contributed by atoms with Crippen LogP contribution < -0.4 is 15.0 Å². The molecule has 8 nitrogen and oxygen atoms in total. The van der Waals surface area contributed by atoms with Crippen LogP contribution in [-0.4, -0.2) is 70.2 Å². The fourth-order valence-corrected chi connectivity index (χ4v) is 5.20. The van der Waals surface area contributed by atoms with Gasteiger partial charge in [-0.3, -0.25) is 4.79 Å². The van der Waals surface area contributed by atoms with Crippen molar-refractivity contribution in [2.45, 2.75) is 51.7 Å². The lowest BCUT2D eigenvalue weighted by atomic mass is 10.2. The lowest BCUT2D eigenvalue weighted by Gasteiger charge is -2.32. The smallest absolute Gasteiger partial charge is 0.279 e. The number of hydrogen-bond acceptors (Lipinski definition) is 5. The van der Waals surface area contributed by atoms with E-state index >= 15 is 0 Å². The second-order valence-electron chi connectivity index (χ2n) is 7.32. The molecule has 29 heavy (non-hydrogen) atoms. The maximum absolute atomic E-state index is 12.8. The maximum Gasteiger partial charge on any atom is 0.279 e. The van der Waals surface area contributed by atoms with E-state index in [1.807, 2.05) is 20.8 Å². The first-order valence-corrected chi connectivity index (χ1v) is 11.7. The Morgan fingerprint density at radius 2 is 1.83 bits per heavy atom. The average molecular weight is 429 g/mol. The molecule has 1 saturated heterocycles. The van der Waals surface area contributed by atoms with Crippen molar-refractivity contribution in [1.82, 2.24) is 4.31 Å². The summed E-state index contributed by atoms with van der Waals surface area (Å²) in [6.07, 6.45) is 0.200. The van der Waals surface area contributed by atoms with Gasteiger partial charge < -0.3 is 19.7 Å². The van der Waals surface area contributed by atoms with Crippen molar-refractivity contribution < 1.29 is 27.6 Å². The van der Waals surface area contributed by atoms with Crippen molar-refractivity contribution >= 4 is 21.6 Å². The van der Waals surface area contributed by atoms with Gasteiger partial charge in [0.2, 0.25) is 10.0 Å². The molecule has 1 aromatic rings. The molecule has 1 fully saturated rings. The minimum Gasteiger partial charge on any atom is -0.492 e. The van der Waals surface area contributed by atoms with E-state index in [4.69, 9.17) is 9.47 Å². The van der Waals surface area contributed by atoms with E-state index in [-0.39, 0.29) is 29.6 Å². The van der Waals surface area contributed by atoms with Gasteiger partial charge in [0.1, 0.15) is 31.0 Å². The highest BCUT2D eigenvalue weighted by atomic mass is 32.2. The SMILES string of the molecule is CCOc1ccc(S(=O)(=O)N(CC)CC)cc1NC(=O)C[NH+]1C[C@@H](C)O[C@@H](C)C1. The van der Waals surface area contributed by atoms with E-state index in [9.17, 15) is 13.2 Å². The molecule has 164 valence electrons. The van der Waals surface area contributed by atoms with Gasteiger partial charge in [0.25, 0.3) is 5.91 Å². The zero-order chi connectivity index (χ0) is 21.6. The number of sulfonamides is 1. The molecule has 0 saturated carbocycles. The third kappa shape index (κ3) is 6.15. The molecular weight excluding hydrogens is 394 g/mol. The monoisotopic (exact) mass is 428 g/mol. The Hall–Kier alpha value is -1.68. The Bertz CT molecular complexity index is 785. The standard InChI is InChI=1S/C20H33N3O5S/c1-6-23(7-2)29(25,26)17-9-10-19(27-8-3)18(11-17)21-20(24)14-22-12-15(4)28-16(5)13-22/h9-11,15-16H,6-8,12-14H2,1-5H3,(H,21,24)/p+1/t15-,16+. The Morgan fingerprint density at radius 1 is 1.21 bits per heavy atom. The van der Waals surface area contributed by atoms with E-state index in [1.165, 1.54) is 16.4 Å². The van der Waals surface area contributed by atoms with Crippen molar-refractivity contribution in [2.75, 3.05) is 44.6 Å². The minimum atomic E-state index is -3.63. The van der Waals surface area contributed by atoms with Crippen LogP contribution in [0.15, 0.2) is 23.1 Å². The lowest BCUT2D eigenvalue weighted by molar-refractivity contribution is -0.907. The Kier molecular flexibility index (Phi) is 8.45. The van der Waals surface area contributed by atoms with Gasteiger partial charge in [-0.2, -0.15) is 4.31 Å². The number of nitrogens with one attached hydrogen (secondary N) is 2. The van der Waals surface area contributed by atoms with Crippen molar-refractivity contribution in [3.8, 4) is 5.75 Å². The van der Waals surface area contributed by atoms with Crippen LogP contribution in [0.2, 0.25) is 0 Å². The third-order valence-corrected chi connectivity index (χ3v) is 6.94. The minimum absolute atomic E-state index is 0.100. The highest BCUT2D eigenvalue weighted by Crippen LogP contribution is 2.29. The Labute approximate surface area is 174 Å². The quantitative estimate of drug-likeness (QED) is 0.606. The van der Waals surface area contributed by atoms with Crippen LogP contribution in [0.1, 0.15) is 34.6 Å². The van der Waals surface area contributed by atoms with Gasteiger partial charge in [-0.05, 0) is 39.0 Å². The molecule has 1 heterocycles. The Balaban J connectivity index is 2.22. The van der Waals surface area contributed by atoms with Gasteiger partial charge in [0.05, 0.1) is 17.2 Å². The normalized spacial score (nSPS) is 22.5. The summed E-state index contributed by atoms with van der Waals surface area (Å²) in [5.41, 5.74) is 0.374. The van der Waals surface area contributed by atoms with Crippen LogP contribution in [-0.2, 0) is 19.6 Å². The number of ether oxygens (including phenoxy) is 2. The first kappa shape index (κ1) is 23.6. The molecule has 0 aliphatic carbocycles. The van der Waals surface area contributed by atoms with Gasteiger partial charge in [0.15, 0.2) is 6.54 Å². The molecule has 0 spiro atoms. The molecule has 1 aliphatic heterocycles. The first-order valence-electron chi connectivity index (χ1n) is 10.3. The zero-order valence-corrected chi connectivity index (χ0v) is 18.8.